The van der Waals surface area contributed by atoms with Crippen LogP contribution in [0.4, 0.5) is 11.4 Å². The lowest BCUT2D eigenvalue weighted by Crippen LogP contribution is -2.18. The van der Waals surface area contributed by atoms with Gasteiger partial charge in [0.15, 0.2) is 12.4 Å². The molecule has 0 aliphatic carbocycles. The number of amides is 1. The number of hydrogen-bond acceptors (Lipinski definition) is 5. The predicted molar refractivity (Wildman–Crippen MR) is 97.8 cm³/mol. The summed E-state index contributed by atoms with van der Waals surface area (Å²) in [6.45, 7) is 3.30. The molecule has 0 aromatic heterocycles. The number of anilines is 1. The number of ether oxygens (including phenoxy) is 1. The summed E-state index contributed by atoms with van der Waals surface area (Å²) in [5.41, 5.74) is 0.845. The Labute approximate surface area is 155 Å². The molecule has 136 valence electrons. The molecule has 0 spiro atoms. The summed E-state index contributed by atoms with van der Waals surface area (Å²) in [5, 5.41) is 13.5. The number of hydrogen-bond donors (Lipinski definition) is 1. The average Bonchev–Trinajstić information content (AvgIpc) is 2.60. The van der Waals surface area contributed by atoms with Crippen molar-refractivity contribution in [2.45, 2.75) is 13.8 Å². The standard InChI is InChI=1S/C18H17ClN2O5/c1-11(2)18(23)20-13-5-3-12(4-6-13)16(22)10-26-17-8-7-14(21(24)25)9-15(17)19/h3-9,11H,10H2,1-2H3,(H,20,23). The van der Waals surface area contributed by atoms with E-state index >= 15 is 0 Å². The van der Waals surface area contributed by atoms with Crippen molar-refractivity contribution in [2.24, 2.45) is 5.92 Å². The first kappa shape index (κ1) is 19.4. The molecule has 7 nitrogen and oxygen atoms in total. The Kier molecular flexibility index (Phi) is 6.30. The Morgan fingerprint density at radius 1 is 1.19 bits per heavy atom. The van der Waals surface area contributed by atoms with E-state index in [1.165, 1.54) is 12.1 Å². The Balaban J connectivity index is 1.98. The van der Waals surface area contributed by atoms with Gasteiger partial charge in [-0.05, 0) is 30.3 Å². The molecule has 1 amide bonds. The molecule has 0 saturated carbocycles. The average molecular weight is 377 g/mol. The van der Waals surface area contributed by atoms with Gasteiger partial charge in [-0.2, -0.15) is 0 Å². The maximum absolute atomic E-state index is 12.2. The summed E-state index contributed by atoms with van der Waals surface area (Å²) in [6.07, 6.45) is 0. The molecule has 1 N–H and O–H groups in total. The maximum atomic E-state index is 12.2. The van der Waals surface area contributed by atoms with Crippen LogP contribution in [0.25, 0.3) is 0 Å². The van der Waals surface area contributed by atoms with Crippen LogP contribution in [0.3, 0.4) is 0 Å². The Morgan fingerprint density at radius 2 is 1.85 bits per heavy atom. The van der Waals surface area contributed by atoms with Crippen molar-refractivity contribution in [2.75, 3.05) is 11.9 Å². The fourth-order valence-electron chi connectivity index (χ4n) is 1.97. The lowest BCUT2D eigenvalue weighted by molar-refractivity contribution is -0.384. The molecule has 0 unspecified atom stereocenters. The second-order valence-corrected chi connectivity index (χ2v) is 6.21. The third-order valence-electron chi connectivity index (χ3n) is 3.48. The molecular weight excluding hydrogens is 360 g/mol. The Hall–Kier alpha value is -2.93. The predicted octanol–water partition coefficient (Wildman–Crippen LogP) is 4.10. The first-order chi connectivity index (χ1) is 12.3. The first-order valence-corrected chi connectivity index (χ1v) is 8.16. The molecule has 2 aromatic rings. The topological polar surface area (TPSA) is 98.5 Å². The smallest absolute Gasteiger partial charge is 0.271 e. The zero-order chi connectivity index (χ0) is 19.3. The highest BCUT2D eigenvalue weighted by molar-refractivity contribution is 6.32. The zero-order valence-electron chi connectivity index (χ0n) is 14.2. The van der Waals surface area contributed by atoms with Gasteiger partial charge >= 0.3 is 0 Å². The van der Waals surface area contributed by atoms with Gasteiger partial charge in [-0.3, -0.25) is 19.7 Å². The second-order valence-electron chi connectivity index (χ2n) is 5.80. The van der Waals surface area contributed by atoms with Crippen molar-refractivity contribution in [1.82, 2.24) is 0 Å². The van der Waals surface area contributed by atoms with E-state index in [2.05, 4.69) is 5.32 Å². The molecule has 2 rings (SSSR count). The van der Waals surface area contributed by atoms with Gasteiger partial charge in [-0.25, -0.2) is 0 Å². The number of carbonyl (C=O) groups excluding carboxylic acids is 2. The molecule has 0 saturated heterocycles. The van der Waals surface area contributed by atoms with Gasteiger partial charge < -0.3 is 10.1 Å². The number of nitro groups is 1. The zero-order valence-corrected chi connectivity index (χ0v) is 14.9. The van der Waals surface area contributed by atoms with Crippen molar-refractivity contribution in [1.29, 1.82) is 0 Å². The van der Waals surface area contributed by atoms with Crippen LogP contribution in [0.5, 0.6) is 5.75 Å². The Morgan fingerprint density at radius 3 is 2.38 bits per heavy atom. The van der Waals surface area contributed by atoms with Crippen LogP contribution in [-0.4, -0.2) is 23.2 Å². The minimum absolute atomic E-state index is 0.0544. The van der Waals surface area contributed by atoms with E-state index in [9.17, 15) is 19.7 Å². The minimum Gasteiger partial charge on any atom is -0.484 e. The molecule has 0 atom stereocenters. The SMILES string of the molecule is CC(C)C(=O)Nc1ccc(C(=O)COc2ccc([N+](=O)[O-])cc2Cl)cc1. The number of Topliss-reactive ketones (excluding diaryl/α,β-unsaturated/α-hetero) is 1. The van der Waals surface area contributed by atoms with Crippen LogP contribution < -0.4 is 10.1 Å². The molecule has 0 heterocycles. The van der Waals surface area contributed by atoms with Crippen molar-refractivity contribution in [3.8, 4) is 5.75 Å². The van der Waals surface area contributed by atoms with Crippen LogP contribution in [-0.2, 0) is 4.79 Å². The minimum atomic E-state index is -0.569. The van der Waals surface area contributed by atoms with Crippen LogP contribution in [0.1, 0.15) is 24.2 Å². The van der Waals surface area contributed by atoms with Crippen LogP contribution in [0.15, 0.2) is 42.5 Å². The fraction of sp³-hybridized carbons (Fsp3) is 0.222. The molecule has 0 aliphatic rings. The number of ketones is 1. The van der Waals surface area contributed by atoms with Crippen LogP contribution in [0, 0.1) is 16.0 Å². The van der Waals surface area contributed by atoms with E-state index in [0.29, 0.717) is 11.3 Å². The summed E-state index contributed by atoms with van der Waals surface area (Å²) in [7, 11) is 0. The van der Waals surface area contributed by atoms with Gasteiger partial charge in [0, 0.05) is 29.3 Å². The van der Waals surface area contributed by atoms with Gasteiger partial charge in [-0.1, -0.05) is 25.4 Å². The van der Waals surface area contributed by atoms with Gasteiger partial charge in [0.05, 0.1) is 9.95 Å². The summed E-state index contributed by atoms with van der Waals surface area (Å²) in [4.78, 5) is 33.9. The molecule has 0 radical (unpaired) electrons. The number of halogens is 1. The number of carbonyl (C=O) groups is 2. The number of non-ortho nitro benzene ring substituents is 1. The van der Waals surface area contributed by atoms with E-state index < -0.39 is 4.92 Å². The highest BCUT2D eigenvalue weighted by Gasteiger charge is 2.13. The van der Waals surface area contributed by atoms with Gasteiger partial charge in [0.25, 0.3) is 5.69 Å². The van der Waals surface area contributed by atoms with Gasteiger partial charge in [0.1, 0.15) is 5.75 Å². The third kappa shape index (κ3) is 5.03. The maximum Gasteiger partial charge on any atom is 0.271 e. The normalized spacial score (nSPS) is 10.5. The fourth-order valence-corrected chi connectivity index (χ4v) is 2.20. The highest BCUT2D eigenvalue weighted by atomic mass is 35.5. The van der Waals surface area contributed by atoms with Gasteiger partial charge in [-0.15, -0.1) is 0 Å². The van der Waals surface area contributed by atoms with Crippen LogP contribution >= 0.6 is 11.6 Å². The lowest BCUT2D eigenvalue weighted by atomic mass is 10.1. The van der Waals surface area contributed by atoms with E-state index in [4.69, 9.17) is 16.3 Å². The van der Waals surface area contributed by atoms with Crippen LogP contribution in [0.2, 0.25) is 5.02 Å². The van der Waals surface area contributed by atoms with E-state index in [-0.39, 0.29) is 40.7 Å². The third-order valence-corrected chi connectivity index (χ3v) is 3.78. The monoisotopic (exact) mass is 376 g/mol. The van der Waals surface area contributed by atoms with Crippen molar-refractivity contribution >= 4 is 34.7 Å². The summed E-state index contributed by atoms with van der Waals surface area (Å²) >= 11 is 5.92. The summed E-state index contributed by atoms with van der Waals surface area (Å²) in [6, 6.07) is 10.2. The molecule has 2 aromatic carbocycles. The highest BCUT2D eigenvalue weighted by Crippen LogP contribution is 2.28. The Bertz CT molecular complexity index is 834. The van der Waals surface area contributed by atoms with E-state index in [1.54, 1.807) is 38.1 Å². The molecule has 0 bridgehead atoms. The summed E-state index contributed by atoms with van der Waals surface area (Å²) in [5.74, 6) is -0.357. The number of rotatable bonds is 7. The first-order valence-electron chi connectivity index (χ1n) is 7.79. The number of nitrogens with one attached hydrogen (secondary N) is 1. The molecule has 0 fully saturated rings. The molecule has 8 heteroatoms. The van der Waals surface area contributed by atoms with Gasteiger partial charge in [0.2, 0.25) is 5.91 Å². The molecule has 26 heavy (non-hydrogen) atoms. The van der Waals surface area contributed by atoms with Crippen molar-refractivity contribution in [3.63, 3.8) is 0 Å². The van der Waals surface area contributed by atoms with Crippen molar-refractivity contribution < 1.29 is 19.2 Å². The van der Waals surface area contributed by atoms with E-state index in [0.717, 1.165) is 6.07 Å². The number of nitro benzene ring substituents is 1. The molecular formula is C18H17ClN2O5. The quantitative estimate of drug-likeness (QED) is 0.445. The van der Waals surface area contributed by atoms with Crippen molar-refractivity contribution in [3.05, 3.63) is 63.2 Å². The number of nitrogens with zero attached hydrogens (tertiary/aromatic N) is 1. The number of benzene rings is 2. The molecule has 0 aliphatic heterocycles. The second kappa shape index (κ2) is 8.44. The lowest BCUT2D eigenvalue weighted by Gasteiger charge is -2.09. The largest absolute Gasteiger partial charge is 0.484 e. The summed E-state index contributed by atoms with van der Waals surface area (Å²) < 4.78 is 5.34. The van der Waals surface area contributed by atoms with E-state index in [1.807, 2.05) is 0 Å².